The average Bonchev–Trinajstić information content (AvgIpc) is 2.12. The van der Waals surface area contributed by atoms with Crippen molar-refractivity contribution in [1.82, 2.24) is 0 Å². The minimum atomic E-state index is -4.70. The minimum absolute atomic E-state index is 0.303. The van der Waals surface area contributed by atoms with Crippen LogP contribution >= 0.6 is 0 Å². The molecule has 5 heteroatoms. The molecule has 0 amide bonds. The predicted octanol–water partition coefficient (Wildman–Crippen LogP) is 3.12. The fraction of sp³-hybridized carbons (Fsp3) is 0.100. The van der Waals surface area contributed by atoms with E-state index in [9.17, 15) is 13.2 Å². The van der Waals surface area contributed by atoms with Crippen LogP contribution in [0.2, 0.25) is 0 Å². The van der Waals surface area contributed by atoms with Gasteiger partial charge in [-0.05, 0) is 23.8 Å². The van der Waals surface area contributed by atoms with Crippen LogP contribution in [0.15, 0.2) is 30.3 Å². The van der Waals surface area contributed by atoms with Gasteiger partial charge in [-0.25, -0.2) is 0 Å². The fourth-order valence-corrected chi connectivity index (χ4v) is 0.949. The number of benzene rings is 1. The van der Waals surface area contributed by atoms with Gasteiger partial charge in [0.2, 0.25) is 0 Å². The van der Waals surface area contributed by atoms with Gasteiger partial charge in [-0.2, -0.15) is 5.26 Å². The summed E-state index contributed by atoms with van der Waals surface area (Å²) in [5.41, 5.74) is 0.471. The van der Waals surface area contributed by atoms with Gasteiger partial charge in [0.1, 0.15) is 5.75 Å². The molecular formula is C10H6F3NO. The van der Waals surface area contributed by atoms with Gasteiger partial charge < -0.3 is 4.74 Å². The highest BCUT2D eigenvalue weighted by molar-refractivity contribution is 5.53. The number of alkyl halides is 3. The van der Waals surface area contributed by atoms with E-state index in [1.807, 2.05) is 0 Å². The molecule has 0 atom stereocenters. The molecule has 0 unspecified atom stereocenters. The Morgan fingerprint density at radius 1 is 1.33 bits per heavy atom. The summed E-state index contributed by atoms with van der Waals surface area (Å²) < 4.78 is 39.2. The van der Waals surface area contributed by atoms with Gasteiger partial charge >= 0.3 is 6.36 Å². The minimum Gasteiger partial charge on any atom is -0.406 e. The third kappa shape index (κ3) is 4.18. The van der Waals surface area contributed by atoms with Gasteiger partial charge in [0, 0.05) is 6.08 Å². The first-order valence-electron chi connectivity index (χ1n) is 3.93. The maximum atomic E-state index is 11.8. The first-order chi connectivity index (χ1) is 7.01. The Morgan fingerprint density at radius 3 is 2.67 bits per heavy atom. The standard InChI is InChI=1S/C10H6F3NO/c11-10(12,13)15-9-5-1-3-8(7-9)4-2-6-14/h1-5,7H/b4-2-. The Labute approximate surface area is 84.2 Å². The van der Waals surface area contributed by atoms with Crippen LogP contribution in [0.25, 0.3) is 6.08 Å². The summed E-state index contributed by atoms with van der Waals surface area (Å²) in [5.74, 6) is -0.303. The van der Waals surface area contributed by atoms with Gasteiger partial charge in [0.05, 0.1) is 6.07 Å². The summed E-state index contributed by atoms with van der Waals surface area (Å²) >= 11 is 0. The van der Waals surface area contributed by atoms with Crippen molar-refractivity contribution >= 4 is 6.08 Å². The van der Waals surface area contributed by atoms with Gasteiger partial charge in [-0.3, -0.25) is 0 Å². The number of hydrogen-bond acceptors (Lipinski definition) is 2. The van der Waals surface area contributed by atoms with Crippen LogP contribution in [-0.2, 0) is 0 Å². The Bertz CT molecular complexity index is 404. The van der Waals surface area contributed by atoms with Crippen molar-refractivity contribution in [3.05, 3.63) is 35.9 Å². The van der Waals surface area contributed by atoms with Crippen molar-refractivity contribution in [2.45, 2.75) is 6.36 Å². The molecule has 0 bridgehead atoms. The van der Waals surface area contributed by atoms with Crippen LogP contribution in [0, 0.1) is 11.3 Å². The topological polar surface area (TPSA) is 33.0 Å². The summed E-state index contributed by atoms with van der Waals surface area (Å²) in [6, 6.07) is 7.11. The second-order valence-corrected chi connectivity index (χ2v) is 2.58. The molecule has 0 aromatic heterocycles. The van der Waals surface area contributed by atoms with Crippen molar-refractivity contribution in [2.75, 3.05) is 0 Å². The molecule has 2 nitrogen and oxygen atoms in total. The van der Waals surface area contributed by atoms with Gasteiger partial charge in [-0.15, -0.1) is 13.2 Å². The number of halogens is 3. The molecule has 15 heavy (non-hydrogen) atoms. The summed E-state index contributed by atoms with van der Waals surface area (Å²) in [6.07, 6.45) is -2.13. The smallest absolute Gasteiger partial charge is 0.406 e. The third-order valence-electron chi connectivity index (χ3n) is 1.44. The molecule has 0 N–H and O–H groups in total. The van der Waals surface area contributed by atoms with E-state index in [2.05, 4.69) is 4.74 Å². The molecule has 0 saturated carbocycles. The number of nitrogens with zero attached hydrogens (tertiary/aromatic N) is 1. The number of allylic oxidation sites excluding steroid dienone is 1. The predicted molar refractivity (Wildman–Crippen MR) is 47.8 cm³/mol. The molecule has 0 aliphatic heterocycles. The van der Waals surface area contributed by atoms with Crippen LogP contribution in [0.1, 0.15) is 5.56 Å². The first kappa shape index (κ1) is 11.1. The van der Waals surface area contributed by atoms with Gasteiger partial charge in [0.25, 0.3) is 0 Å². The summed E-state index contributed by atoms with van der Waals surface area (Å²) in [6.45, 7) is 0. The zero-order valence-corrected chi connectivity index (χ0v) is 7.45. The maximum Gasteiger partial charge on any atom is 0.573 e. The highest BCUT2D eigenvalue weighted by atomic mass is 19.4. The van der Waals surface area contributed by atoms with E-state index in [0.29, 0.717) is 5.56 Å². The fourth-order valence-electron chi connectivity index (χ4n) is 0.949. The van der Waals surface area contributed by atoms with E-state index in [0.717, 1.165) is 0 Å². The number of nitriles is 1. The van der Waals surface area contributed by atoms with Gasteiger partial charge in [0.15, 0.2) is 0 Å². The van der Waals surface area contributed by atoms with E-state index < -0.39 is 6.36 Å². The summed E-state index contributed by atoms with van der Waals surface area (Å²) in [4.78, 5) is 0. The summed E-state index contributed by atoms with van der Waals surface area (Å²) in [7, 11) is 0. The summed E-state index contributed by atoms with van der Waals surface area (Å²) in [5, 5.41) is 8.24. The lowest BCUT2D eigenvalue weighted by molar-refractivity contribution is -0.274. The van der Waals surface area contributed by atoms with Crippen LogP contribution in [-0.4, -0.2) is 6.36 Å². The van der Waals surface area contributed by atoms with Crippen molar-refractivity contribution in [2.24, 2.45) is 0 Å². The van der Waals surface area contributed by atoms with Gasteiger partial charge in [-0.1, -0.05) is 12.1 Å². The Morgan fingerprint density at radius 2 is 2.07 bits per heavy atom. The van der Waals surface area contributed by atoms with E-state index in [1.165, 1.54) is 30.4 Å². The number of rotatable bonds is 2. The van der Waals surface area contributed by atoms with E-state index >= 15 is 0 Å². The number of hydrogen-bond donors (Lipinski definition) is 0. The van der Waals surface area contributed by atoms with Crippen LogP contribution in [0.3, 0.4) is 0 Å². The maximum absolute atomic E-state index is 11.8. The Hall–Kier alpha value is -1.96. The SMILES string of the molecule is N#C/C=C\c1cccc(OC(F)(F)F)c1. The zero-order chi connectivity index (χ0) is 11.3. The number of ether oxygens (including phenoxy) is 1. The lowest BCUT2D eigenvalue weighted by Crippen LogP contribution is -2.17. The molecule has 0 radical (unpaired) electrons. The molecule has 0 aliphatic rings. The molecule has 1 aromatic rings. The molecule has 1 rings (SSSR count). The highest BCUT2D eigenvalue weighted by Gasteiger charge is 2.30. The van der Waals surface area contributed by atoms with Crippen LogP contribution in [0.4, 0.5) is 13.2 Å². The molecule has 0 fully saturated rings. The lowest BCUT2D eigenvalue weighted by Gasteiger charge is -2.08. The van der Waals surface area contributed by atoms with Crippen molar-refractivity contribution in [1.29, 1.82) is 5.26 Å². The quantitative estimate of drug-likeness (QED) is 0.707. The second-order valence-electron chi connectivity index (χ2n) is 2.58. The highest BCUT2D eigenvalue weighted by Crippen LogP contribution is 2.23. The van der Waals surface area contributed by atoms with Crippen molar-refractivity contribution in [3.8, 4) is 11.8 Å². The van der Waals surface area contributed by atoms with E-state index in [4.69, 9.17) is 5.26 Å². The van der Waals surface area contributed by atoms with E-state index in [-0.39, 0.29) is 5.75 Å². The second kappa shape index (κ2) is 4.51. The van der Waals surface area contributed by atoms with Crippen molar-refractivity contribution in [3.63, 3.8) is 0 Å². The van der Waals surface area contributed by atoms with Crippen LogP contribution in [0.5, 0.6) is 5.75 Å². The zero-order valence-electron chi connectivity index (χ0n) is 7.45. The molecule has 0 heterocycles. The molecule has 0 saturated heterocycles. The Kier molecular flexibility index (Phi) is 3.34. The van der Waals surface area contributed by atoms with Crippen LogP contribution < -0.4 is 4.74 Å². The molecule has 0 spiro atoms. The normalized spacial score (nSPS) is 11.3. The molecular weight excluding hydrogens is 207 g/mol. The average molecular weight is 213 g/mol. The molecule has 1 aromatic carbocycles. The lowest BCUT2D eigenvalue weighted by atomic mass is 10.2. The van der Waals surface area contributed by atoms with E-state index in [1.54, 1.807) is 12.1 Å². The monoisotopic (exact) mass is 213 g/mol. The third-order valence-corrected chi connectivity index (χ3v) is 1.44. The largest absolute Gasteiger partial charge is 0.573 e. The molecule has 0 aliphatic carbocycles. The molecule has 78 valence electrons. The Balaban J connectivity index is 2.84. The first-order valence-corrected chi connectivity index (χ1v) is 3.93. The van der Waals surface area contributed by atoms with Crippen molar-refractivity contribution < 1.29 is 17.9 Å².